The third-order valence-corrected chi connectivity index (χ3v) is 5.33. The lowest BCUT2D eigenvalue weighted by atomic mass is 9.80. The second-order valence-electron chi connectivity index (χ2n) is 7.00. The number of para-hydroxylation sites is 1. The van der Waals surface area contributed by atoms with Crippen molar-refractivity contribution in [1.29, 1.82) is 0 Å². The van der Waals surface area contributed by atoms with E-state index in [-0.39, 0.29) is 18.0 Å². The topological polar surface area (TPSA) is 45.2 Å². The van der Waals surface area contributed by atoms with Gasteiger partial charge in [-0.15, -0.1) is 0 Å². The summed E-state index contributed by atoms with van der Waals surface area (Å²) in [5.74, 6) is 1.07. The highest BCUT2D eigenvalue weighted by Crippen LogP contribution is 2.49. The normalized spacial score (nSPS) is 25.9. The number of fused-ring (bicyclic) bond motifs is 1. The lowest BCUT2D eigenvalue weighted by Crippen LogP contribution is -2.51. The molecule has 1 aliphatic heterocycles. The smallest absolute Gasteiger partial charge is 0.224 e. The highest BCUT2D eigenvalue weighted by Gasteiger charge is 2.47. The molecule has 1 fully saturated rings. The minimum absolute atomic E-state index is 0.117. The predicted molar refractivity (Wildman–Crippen MR) is 95.9 cm³/mol. The van der Waals surface area contributed by atoms with E-state index in [1.165, 1.54) is 12.8 Å². The fourth-order valence-electron chi connectivity index (χ4n) is 4.12. The number of rotatable bonds is 3. The number of hydrogen-bond donors (Lipinski definition) is 1. The zero-order chi connectivity index (χ0) is 16.7. The maximum absolute atomic E-state index is 12.4. The van der Waals surface area contributed by atoms with Crippen molar-refractivity contribution in [3.63, 3.8) is 0 Å². The summed E-state index contributed by atoms with van der Waals surface area (Å²) >= 11 is 0. The van der Waals surface area contributed by atoms with Gasteiger partial charge in [0.2, 0.25) is 5.91 Å². The van der Waals surface area contributed by atoms with E-state index in [2.05, 4.69) is 29.4 Å². The number of pyridine rings is 1. The summed E-state index contributed by atoms with van der Waals surface area (Å²) < 4.78 is 0. The largest absolute Gasteiger partial charge is 0.378 e. The molecule has 0 bridgehead atoms. The van der Waals surface area contributed by atoms with Crippen LogP contribution in [0.15, 0.2) is 48.8 Å². The molecule has 4 nitrogen and oxygen atoms in total. The van der Waals surface area contributed by atoms with Gasteiger partial charge in [0.15, 0.2) is 0 Å². The van der Waals surface area contributed by atoms with Crippen LogP contribution in [-0.4, -0.2) is 16.9 Å². The van der Waals surface area contributed by atoms with E-state index < -0.39 is 0 Å². The molecule has 124 valence electrons. The molecule has 2 aromatic rings. The minimum atomic E-state index is 0.117. The van der Waals surface area contributed by atoms with Gasteiger partial charge in [0.25, 0.3) is 0 Å². The molecular formula is C20H23N3O. The molecule has 2 heterocycles. The fraction of sp³-hybridized carbons (Fsp3) is 0.400. The summed E-state index contributed by atoms with van der Waals surface area (Å²) in [4.78, 5) is 18.7. The maximum Gasteiger partial charge on any atom is 0.224 e. The standard InChI is InChI=1S/C20H23N3O/c1-13-19(22-16-6-4-3-5-7-16)17-10-11-21-12-18(17)23(14(2)24)20(13)15-8-9-15/h3-7,10-13,15,19-20,22H,8-9H2,1-2H3/t13-,19-,20-/m1/s1. The molecule has 1 aromatic carbocycles. The molecule has 1 saturated carbocycles. The van der Waals surface area contributed by atoms with Crippen molar-refractivity contribution in [3.05, 3.63) is 54.4 Å². The predicted octanol–water partition coefficient (Wildman–Crippen LogP) is 4.02. The Kier molecular flexibility index (Phi) is 3.75. The average molecular weight is 321 g/mol. The minimum Gasteiger partial charge on any atom is -0.378 e. The van der Waals surface area contributed by atoms with Crippen molar-refractivity contribution in [3.8, 4) is 0 Å². The SMILES string of the molecule is CC(=O)N1c2cnccc2[C@H](Nc2ccccc2)[C@@H](C)[C@@H]1C1CC1. The van der Waals surface area contributed by atoms with Gasteiger partial charge in [-0.3, -0.25) is 9.78 Å². The molecule has 1 N–H and O–H groups in total. The van der Waals surface area contributed by atoms with E-state index in [4.69, 9.17) is 0 Å². The van der Waals surface area contributed by atoms with Crippen molar-refractivity contribution in [1.82, 2.24) is 4.98 Å². The van der Waals surface area contributed by atoms with Crippen LogP contribution < -0.4 is 10.2 Å². The van der Waals surface area contributed by atoms with Gasteiger partial charge in [0, 0.05) is 36.3 Å². The third-order valence-electron chi connectivity index (χ3n) is 5.33. The van der Waals surface area contributed by atoms with E-state index in [0.29, 0.717) is 11.8 Å². The molecule has 4 heteroatoms. The first-order valence-corrected chi connectivity index (χ1v) is 8.72. The van der Waals surface area contributed by atoms with Crippen LogP contribution in [0.2, 0.25) is 0 Å². The summed E-state index contributed by atoms with van der Waals surface area (Å²) in [6.07, 6.45) is 6.09. The first kappa shape index (κ1) is 15.2. The van der Waals surface area contributed by atoms with Gasteiger partial charge in [-0.1, -0.05) is 25.1 Å². The van der Waals surface area contributed by atoms with Crippen LogP contribution in [0.4, 0.5) is 11.4 Å². The zero-order valence-corrected chi connectivity index (χ0v) is 14.1. The Hall–Kier alpha value is -2.36. The summed E-state index contributed by atoms with van der Waals surface area (Å²) in [7, 11) is 0. The van der Waals surface area contributed by atoms with E-state index in [9.17, 15) is 4.79 Å². The monoisotopic (exact) mass is 321 g/mol. The zero-order valence-electron chi connectivity index (χ0n) is 14.1. The molecule has 0 unspecified atom stereocenters. The Morgan fingerprint density at radius 2 is 1.96 bits per heavy atom. The first-order valence-electron chi connectivity index (χ1n) is 8.72. The average Bonchev–Trinajstić information content (AvgIpc) is 3.42. The van der Waals surface area contributed by atoms with E-state index in [1.54, 1.807) is 6.92 Å². The molecule has 0 radical (unpaired) electrons. The molecule has 24 heavy (non-hydrogen) atoms. The van der Waals surface area contributed by atoms with Crippen molar-refractivity contribution in [2.45, 2.75) is 38.8 Å². The van der Waals surface area contributed by atoms with Crippen LogP contribution in [0.1, 0.15) is 38.3 Å². The van der Waals surface area contributed by atoms with Crippen LogP contribution in [0.5, 0.6) is 0 Å². The molecule has 1 amide bonds. The second kappa shape index (κ2) is 5.93. The Morgan fingerprint density at radius 3 is 2.62 bits per heavy atom. The van der Waals surface area contributed by atoms with Gasteiger partial charge < -0.3 is 10.2 Å². The highest BCUT2D eigenvalue weighted by atomic mass is 16.2. The number of nitrogens with one attached hydrogen (secondary N) is 1. The van der Waals surface area contributed by atoms with Crippen LogP contribution in [0, 0.1) is 11.8 Å². The van der Waals surface area contributed by atoms with Gasteiger partial charge >= 0.3 is 0 Å². The first-order chi connectivity index (χ1) is 11.7. The van der Waals surface area contributed by atoms with Crippen molar-refractivity contribution in [2.24, 2.45) is 11.8 Å². The van der Waals surface area contributed by atoms with Gasteiger partial charge in [0.1, 0.15) is 0 Å². The molecule has 1 aliphatic carbocycles. The number of nitrogens with zero attached hydrogens (tertiary/aromatic N) is 2. The number of carbonyl (C=O) groups is 1. The van der Waals surface area contributed by atoms with Crippen molar-refractivity contribution >= 4 is 17.3 Å². The van der Waals surface area contributed by atoms with Gasteiger partial charge in [-0.2, -0.15) is 0 Å². The summed E-state index contributed by atoms with van der Waals surface area (Å²) in [6.45, 7) is 3.94. The number of aromatic nitrogens is 1. The van der Waals surface area contributed by atoms with E-state index in [1.807, 2.05) is 41.6 Å². The third kappa shape index (κ3) is 2.56. The Bertz CT molecular complexity index is 742. The molecule has 2 aliphatic rings. The molecule has 0 saturated heterocycles. The molecule has 1 aromatic heterocycles. The quantitative estimate of drug-likeness (QED) is 0.929. The number of hydrogen-bond acceptors (Lipinski definition) is 3. The summed E-state index contributed by atoms with van der Waals surface area (Å²) in [5.41, 5.74) is 3.24. The van der Waals surface area contributed by atoms with Crippen LogP contribution in [0.25, 0.3) is 0 Å². The van der Waals surface area contributed by atoms with Gasteiger partial charge in [-0.25, -0.2) is 0 Å². The van der Waals surface area contributed by atoms with E-state index in [0.717, 1.165) is 16.9 Å². The maximum atomic E-state index is 12.4. The molecule has 4 rings (SSSR count). The van der Waals surface area contributed by atoms with Crippen molar-refractivity contribution < 1.29 is 4.79 Å². The van der Waals surface area contributed by atoms with Crippen LogP contribution in [-0.2, 0) is 4.79 Å². The molecule has 3 atom stereocenters. The second-order valence-corrected chi connectivity index (χ2v) is 7.00. The van der Waals surface area contributed by atoms with Gasteiger partial charge in [-0.05, 0) is 37.0 Å². The highest BCUT2D eigenvalue weighted by molar-refractivity contribution is 5.94. The summed E-state index contributed by atoms with van der Waals surface area (Å²) in [5, 5.41) is 3.69. The number of benzene rings is 1. The summed E-state index contributed by atoms with van der Waals surface area (Å²) in [6, 6.07) is 12.8. The van der Waals surface area contributed by atoms with Gasteiger partial charge in [0.05, 0.1) is 17.9 Å². The molecule has 0 spiro atoms. The van der Waals surface area contributed by atoms with Crippen LogP contribution in [0.3, 0.4) is 0 Å². The van der Waals surface area contributed by atoms with E-state index >= 15 is 0 Å². The van der Waals surface area contributed by atoms with Crippen molar-refractivity contribution in [2.75, 3.05) is 10.2 Å². The lowest BCUT2D eigenvalue weighted by Gasteiger charge is -2.45. The molecular weight excluding hydrogens is 298 g/mol. The number of carbonyl (C=O) groups excluding carboxylic acids is 1. The lowest BCUT2D eigenvalue weighted by molar-refractivity contribution is -0.117. The Labute approximate surface area is 142 Å². The number of anilines is 2. The Balaban J connectivity index is 1.78. The Morgan fingerprint density at radius 1 is 1.21 bits per heavy atom. The van der Waals surface area contributed by atoms with Crippen LogP contribution >= 0.6 is 0 Å². The fourth-order valence-corrected chi connectivity index (χ4v) is 4.12. The number of amides is 1.